The SMILES string of the molecule is CC(C)(C)OC(=O)N1CCCC1c1nc(-c2c[nH]c3ncc(Br)cc23)cs1.CC(C)(C)OC(=O)N1CCCC1c1nc(-c2cn(S(=O)(=O)c3ccccc3)c3ncc(Br)cc23)cs1.O=S(=O)(Cl)c1ccccc1. The minimum absolute atomic E-state index is 0.0198. The Balaban J connectivity index is 0.000000168. The van der Waals surface area contributed by atoms with E-state index in [0.717, 1.165) is 66.9 Å². The highest BCUT2D eigenvalue weighted by Gasteiger charge is 2.37. The van der Waals surface area contributed by atoms with E-state index < -0.39 is 30.3 Å². The van der Waals surface area contributed by atoms with Gasteiger partial charge in [0.2, 0.25) is 0 Å². The lowest BCUT2D eigenvalue weighted by atomic mass is 10.2. The van der Waals surface area contributed by atoms with Gasteiger partial charge in [-0.05, 0) is 135 Å². The molecule has 2 saturated heterocycles. The number of aromatic amines is 1. The molecule has 8 aromatic rings. The summed E-state index contributed by atoms with van der Waals surface area (Å²) in [5, 5.41) is 7.38. The van der Waals surface area contributed by atoms with Crippen molar-refractivity contribution in [2.45, 2.75) is 100 Å². The Morgan fingerprint density at radius 3 is 1.67 bits per heavy atom. The summed E-state index contributed by atoms with van der Waals surface area (Å²) in [5.41, 5.74) is 3.29. The molecule has 384 valence electrons. The van der Waals surface area contributed by atoms with Gasteiger partial charge in [0.25, 0.3) is 19.1 Å². The number of thiazole rings is 2. The molecule has 8 heterocycles. The lowest BCUT2D eigenvalue weighted by Gasteiger charge is -2.27. The monoisotopic (exact) mass is 1210 g/mol. The fourth-order valence-electron chi connectivity index (χ4n) is 8.17. The molecule has 2 aromatic carbocycles. The fraction of sp³-hybridized carbons (Fsp3) is 0.320. The number of nitrogens with one attached hydrogen (secondary N) is 1. The maximum Gasteiger partial charge on any atom is 0.410 e. The van der Waals surface area contributed by atoms with Gasteiger partial charge < -0.3 is 14.5 Å². The Hall–Kier alpha value is -5.23. The molecule has 2 aliphatic rings. The number of hydrogen-bond acceptors (Lipinski definition) is 14. The molecule has 2 fully saturated rings. The molecular weight excluding hydrogens is 1160 g/mol. The van der Waals surface area contributed by atoms with Crippen molar-refractivity contribution in [3.63, 3.8) is 0 Å². The average molecular weight is 1220 g/mol. The summed E-state index contributed by atoms with van der Waals surface area (Å²) in [6.07, 6.45) is 9.78. The Morgan fingerprint density at radius 1 is 0.699 bits per heavy atom. The minimum atomic E-state index is -3.87. The summed E-state index contributed by atoms with van der Waals surface area (Å²) in [6.45, 7) is 12.5. The van der Waals surface area contributed by atoms with E-state index >= 15 is 0 Å². The number of likely N-dealkylation sites (tertiary alicyclic amines) is 2. The predicted molar refractivity (Wildman–Crippen MR) is 292 cm³/mol. The first-order valence-corrected chi connectivity index (χ1v) is 30.1. The van der Waals surface area contributed by atoms with Gasteiger partial charge in [-0.25, -0.2) is 50.3 Å². The minimum Gasteiger partial charge on any atom is -0.444 e. The zero-order chi connectivity index (χ0) is 52.5. The number of nitrogens with zero attached hydrogens (tertiary/aromatic N) is 7. The van der Waals surface area contributed by atoms with Crippen LogP contribution in [-0.4, -0.2) is 92.0 Å². The zero-order valence-corrected chi connectivity index (χ0v) is 47.6. The number of amides is 2. The fourth-order valence-corrected chi connectivity index (χ4v) is 12.9. The second-order valence-corrected chi connectivity index (χ2v) is 27.0. The van der Waals surface area contributed by atoms with Crippen LogP contribution in [-0.2, 0) is 28.5 Å². The van der Waals surface area contributed by atoms with Gasteiger partial charge in [0.15, 0.2) is 5.65 Å². The number of benzene rings is 2. The molecule has 2 unspecified atom stereocenters. The summed E-state index contributed by atoms with van der Waals surface area (Å²) in [7, 11) is -2.37. The van der Waals surface area contributed by atoms with E-state index in [4.69, 9.17) is 30.1 Å². The third kappa shape index (κ3) is 12.8. The molecule has 0 spiro atoms. The van der Waals surface area contributed by atoms with E-state index in [1.807, 2.05) is 70.6 Å². The molecular formula is C50H51Br2ClN8O8S4. The lowest BCUT2D eigenvalue weighted by molar-refractivity contribution is 0.0213. The van der Waals surface area contributed by atoms with Gasteiger partial charge in [-0.1, -0.05) is 36.4 Å². The van der Waals surface area contributed by atoms with Gasteiger partial charge in [0.05, 0.1) is 33.3 Å². The van der Waals surface area contributed by atoms with Crippen LogP contribution in [0.15, 0.2) is 127 Å². The number of carbonyl (C=O) groups excluding carboxylic acids is 2. The molecule has 0 radical (unpaired) electrons. The van der Waals surface area contributed by atoms with Crippen LogP contribution in [0.3, 0.4) is 0 Å². The van der Waals surface area contributed by atoms with Crippen LogP contribution in [0.25, 0.3) is 44.6 Å². The Kier molecular flexibility index (Phi) is 16.2. The number of ether oxygens (including phenoxy) is 2. The van der Waals surface area contributed by atoms with Gasteiger partial charge in [-0.3, -0.25) is 9.80 Å². The number of halogens is 3. The third-order valence-electron chi connectivity index (χ3n) is 11.3. The highest BCUT2D eigenvalue weighted by molar-refractivity contribution is 9.10. The number of pyridine rings is 2. The van der Waals surface area contributed by atoms with Crippen molar-refractivity contribution in [1.82, 2.24) is 38.7 Å². The molecule has 0 bridgehead atoms. The number of H-pyrrole nitrogens is 1. The topological polar surface area (TPSA) is 200 Å². The summed E-state index contributed by atoms with van der Waals surface area (Å²) >= 11 is 9.98. The molecule has 0 saturated carbocycles. The third-order valence-corrected chi connectivity index (χ3v) is 17.1. The normalized spacial score (nSPS) is 16.2. The first-order valence-electron chi connectivity index (χ1n) is 23.0. The highest BCUT2D eigenvalue weighted by atomic mass is 79.9. The molecule has 6 aromatic heterocycles. The van der Waals surface area contributed by atoms with Crippen molar-refractivity contribution in [2.75, 3.05) is 13.1 Å². The number of rotatable bonds is 7. The van der Waals surface area contributed by atoms with E-state index in [-0.39, 0.29) is 34.1 Å². The van der Waals surface area contributed by atoms with Gasteiger partial charge in [0.1, 0.15) is 26.9 Å². The number of aromatic nitrogens is 6. The maximum absolute atomic E-state index is 13.5. The summed E-state index contributed by atoms with van der Waals surface area (Å²) in [4.78, 5) is 50.9. The lowest BCUT2D eigenvalue weighted by Crippen LogP contribution is -2.36. The first-order chi connectivity index (χ1) is 34.5. The first kappa shape index (κ1) is 54.0. The van der Waals surface area contributed by atoms with Crippen LogP contribution in [0.1, 0.15) is 89.3 Å². The average Bonchev–Trinajstić information content (AvgIpc) is 4.19. The number of carbonyl (C=O) groups is 2. The van der Waals surface area contributed by atoms with Crippen LogP contribution in [0.4, 0.5) is 9.59 Å². The van der Waals surface area contributed by atoms with E-state index in [1.165, 1.54) is 27.4 Å². The van der Waals surface area contributed by atoms with Gasteiger partial charge in [-0.2, -0.15) is 0 Å². The number of fused-ring (bicyclic) bond motifs is 2. The van der Waals surface area contributed by atoms with Gasteiger partial charge in [-0.15, -0.1) is 22.7 Å². The van der Waals surface area contributed by atoms with E-state index in [9.17, 15) is 26.4 Å². The Labute approximate surface area is 452 Å². The molecule has 16 nitrogen and oxygen atoms in total. The van der Waals surface area contributed by atoms with Crippen LogP contribution in [0, 0.1) is 0 Å². The second kappa shape index (κ2) is 21.9. The van der Waals surface area contributed by atoms with E-state index in [1.54, 1.807) is 88.3 Å². The summed E-state index contributed by atoms with van der Waals surface area (Å²) in [5.74, 6) is 0. The molecule has 73 heavy (non-hydrogen) atoms. The molecule has 2 atom stereocenters. The Bertz CT molecular complexity index is 3500. The molecule has 1 N–H and O–H groups in total. The van der Waals surface area contributed by atoms with Crippen molar-refractivity contribution >= 4 is 119 Å². The molecule has 2 aliphatic heterocycles. The Morgan fingerprint density at radius 2 is 1.18 bits per heavy atom. The van der Waals surface area contributed by atoms with E-state index in [2.05, 4.69) is 46.8 Å². The van der Waals surface area contributed by atoms with Crippen molar-refractivity contribution in [3.05, 3.63) is 127 Å². The summed E-state index contributed by atoms with van der Waals surface area (Å²) < 4.78 is 62.2. The van der Waals surface area contributed by atoms with E-state index in [0.29, 0.717) is 35.4 Å². The largest absolute Gasteiger partial charge is 0.444 e. The van der Waals surface area contributed by atoms with Crippen molar-refractivity contribution < 1.29 is 35.9 Å². The number of hydrogen-bond donors (Lipinski definition) is 1. The van der Waals surface area contributed by atoms with Gasteiger partial charge in [0, 0.05) is 90.2 Å². The zero-order valence-electron chi connectivity index (χ0n) is 40.5. The maximum atomic E-state index is 13.5. The van der Waals surface area contributed by atoms with Crippen molar-refractivity contribution in [2.24, 2.45) is 0 Å². The molecule has 0 aliphatic carbocycles. The molecule has 23 heteroatoms. The molecule has 2 amide bonds. The predicted octanol–water partition coefficient (Wildman–Crippen LogP) is 13.4. The standard InChI is InChI=1S/C25H25BrN4O4S2.C19H21BrN4O2S.C6H5ClO2S/c1-25(2,3)34-24(31)29-11-7-10-21(29)23-28-20(15-35-23)19-14-30(22-18(19)12-16(26)13-27-22)36(32,33)17-8-5-4-6-9-17;1-19(2,3)26-18(25)24-6-4-5-15(24)17-23-14(10-27-17)13-9-22-16-12(13)7-11(20)8-21-16;7-10(8,9)6-4-2-1-3-5-6/h4-6,8-9,12-15,21H,7,10-11H2,1-3H3;7-10,15H,4-6H2,1-3H3,(H,21,22);1-5H. The van der Waals surface area contributed by atoms with Crippen molar-refractivity contribution in [3.8, 4) is 22.5 Å². The van der Waals surface area contributed by atoms with Crippen molar-refractivity contribution in [1.29, 1.82) is 0 Å². The quantitative estimate of drug-likeness (QED) is 0.148. The van der Waals surface area contributed by atoms with Gasteiger partial charge >= 0.3 is 12.2 Å². The van der Waals surface area contributed by atoms with Crippen LogP contribution in [0.2, 0.25) is 0 Å². The second-order valence-electron chi connectivity index (χ2n) is 19.0. The highest BCUT2D eigenvalue weighted by Crippen LogP contribution is 2.41. The summed E-state index contributed by atoms with van der Waals surface area (Å²) in [6, 6.07) is 19.8. The smallest absolute Gasteiger partial charge is 0.410 e. The van der Waals surface area contributed by atoms with Crippen LogP contribution in [0.5, 0.6) is 0 Å². The van der Waals surface area contributed by atoms with Crippen LogP contribution < -0.4 is 0 Å². The van der Waals surface area contributed by atoms with Crippen LogP contribution >= 0.6 is 65.2 Å². The molecule has 10 rings (SSSR count).